The maximum atomic E-state index is 8.81. The van der Waals surface area contributed by atoms with Crippen molar-refractivity contribution in [3.8, 4) is 0 Å². The van der Waals surface area contributed by atoms with Crippen LogP contribution < -0.4 is 0 Å². The van der Waals surface area contributed by atoms with Crippen LogP contribution in [0, 0.1) is 0 Å². The topological polar surface area (TPSA) is 62.2 Å². The Morgan fingerprint density at radius 1 is 1.39 bits per heavy atom. The van der Waals surface area contributed by atoms with Crippen molar-refractivity contribution in [3.63, 3.8) is 0 Å². The summed E-state index contributed by atoms with van der Waals surface area (Å²) in [7, 11) is 0. The van der Waals surface area contributed by atoms with E-state index in [4.69, 9.17) is 19.7 Å². The van der Waals surface area contributed by atoms with Gasteiger partial charge in [0, 0.05) is 12.4 Å². The lowest BCUT2D eigenvalue weighted by molar-refractivity contribution is 0.113. The highest BCUT2D eigenvalue weighted by molar-refractivity contribution is 7.99. The van der Waals surface area contributed by atoms with Crippen molar-refractivity contribution < 1.29 is 19.7 Å². The van der Waals surface area contributed by atoms with Crippen molar-refractivity contribution in [3.05, 3.63) is 0 Å². The fourth-order valence-electron chi connectivity index (χ4n) is 1.04. The van der Waals surface area contributed by atoms with Gasteiger partial charge in [-0.25, -0.2) is 0 Å². The number of aliphatic hydroxyl groups excluding tert-OH is 2. The van der Waals surface area contributed by atoms with Crippen LogP contribution in [0.3, 0.4) is 0 Å². The van der Waals surface area contributed by atoms with Gasteiger partial charge in [0.2, 0.25) is 0 Å². The molecule has 1 heterocycles. The lowest BCUT2D eigenvalue weighted by Gasteiger charge is -2.04. The van der Waals surface area contributed by atoms with Gasteiger partial charge in [-0.2, -0.15) is 11.8 Å². The van der Waals surface area contributed by atoms with Crippen LogP contribution in [0.2, 0.25) is 0 Å². The summed E-state index contributed by atoms with van der Waals surface area (Å²) in [6.45, 7) is 6.76. The van der Waals surface area contributed by atoms with E-state index in [0.29, 0.717) is 11.9 Å². The third-order valence-electron chi connectivity index (χ3n) is 2.22. The first-order valence-electron chi connectivity index (χ1n) is 6.80. The zero-order valence-corrected chi connectivity index (χ0v) is 12.5. The molecule has 0 radical (unpaired) electrons. The van der Waals surface area contributed by atoms with E-state index < -0.39 is 6.10 Å². The lowest BCUT2D eigenvalue weighted by atomic mass is 10.4. The van der Waals surface area contributed by atoms with Crippen molar-refractivity contribution in [2.45, 2.75) is 45.3 Å². The third-order valence-corrected chi connectivity index (χ3v) is 3.54. The normalized spacial score (nSPS) is 19.0. The Hall–Kier alpha value is 0.190. The smallest absolute Gasteiger partial charge is 0.104 e. The quantitative estimate of drug-likeness (QED) is 0.471. The monoisotopic (exact) mass is 280 g/mol. The van der Waals surface area contributed by atoms with E-state index in [-0.39, 0.29) is 6.61 Å². The number of epoxide rings is 1. The highest BCUT2D eigenvalue weighted by Gasteiger charge is 2.21. The summed E-state index contributed by atoms with van der Waals surface area (Å²) in [6, 6.07) is 0. The molecule has 4 nitrogen and oxygen atoms in total. The van der Waals surface area contributed by atoms with Crippen molar-refractivity contribution in [2.75, 3.05) is 37.9 Å². The molecule has 0 bridgehead atoms. The minimum absolute atomic E-state index is 0.114. The van der Waals surface area contributed by atoms with E-state index in [1.807, 2.05) is 0 Å². The highest BCUT2D eigenvalue weighted by Crippen LogP contribution is 2.08. The van der Waals surface area contributed by atoms with Crippen molar-refractivity contribution in [2.24, 2.45) is 0 Å². The molecule has 0 saturated carbocycles. The van der Waals surface area contributed by atoms with E-state index in [2.05, 4.69) is 13.8 Å². The minimum Gasteiger partial charge on any atom is -0.394 e. The van der Waals surface area contributed by atoms with Crippen LogP contribution >= 0.6 is 11.8 Å². The summed E-state index contributed by atoms with van der Waals surface area (Å²) < 4.78 is 10.2. The van der Waals surface area contributed by atoms with Crippen molar-refractivity contribution in [1.29, 1.82) is 0 Å². The molecule has 0 aromatic rings. The Morgan fingerprint density at radius 3 is 2.61 bits per heavy atom. The Kier molecular flexibility index (Phi) is 13.8. The summed E-state index contributed by atoms with van der Waals surface area (Å²) in [5, 5.41) is 17.2. The van der Waals surface area contributed by atoms with E-state index in [1.165, 1.54) is 12.8 Å². The van der Waals surface area contributed by atoms with Crippen LogP contribution in [0.25, 0.3) is 0 Å². The molecule has 0 aromatic carbocycles. The molecule has 0 aliphatic carbocycles. The van der Waals surface area contributed by atoms with Gasteiger partial charge in [0.25, 0.3) is 0 Å². The fourth-order valence-corrected chi connectivity index (χ4v) is 1.87. The molecule has 1 aliphatic heterocycles. The largest absolute Gasteiger partial charge is 0.394 e. The highest BCUT2D eigenvalue weighted by atomic mass is 32.2. The van der Waals surface area contributed by atoms with Gasteiger partial charge in [-0.1, -0.05) is 20.3 Å². The van der Waals surface area contributed by atoms with Gasteiger partial charge in [-0.15, -0.1) is 0 Å². The molecule has 0 spiro atoms. The van der Waals surface area contributed by atoms with Crippen LogP contribution in [-0.2, 0) is 9.47 Å². The molecule has 2 N–H and O–H groups in total. The first kappa shape index (κ1) is 18.2. The zero-order valence-electron chi connectivity index (χ0n) is 11.6. The molecule has 0 aromatic heterocycles. The minimum atomic E-state index is -0.526. The number of aliphatic hydroxyl groups is 2. The first-order chi connectivity index (χ1) is 8.74. The van der Waals surface area contributed by atoms with E-state index in [0.717, 1.165) is 32.0 Å². The van der Waals surface area contributed by atoms with Gasteiger partial charge in [0.05, 0.1) is 25.9 Å². The summed E-state index contributed by atoms with van der Waals surface area (Å²) in [5.41, 5.74) is 0. The number of unbranched alkanes of at least 4 members (excludes halogenated alkanes) is 1. The number of hydrogen-bond donors (Lipinski definition) is 2. The molecule has 2 atom stereocenters. The zero-order chi connectivity index (χ0) is 13.6. The summed E-state index contributed by atoms with van der Waals surface area (Å²) in [5.74, 6) is 1.72. The molecular weight excluding hydrogens is 252 g/mol. The van der Waals surface area contributed by atoms with Crippen LogP contribution in [0.15, 0.2) is 0 Å². The lowest BCUT2D eigenvalue weighted by Crippen LogP contribution is -2.14. The Morgan fingerprint density at radius 2 is 2.11 bits per heavy atom. The molecular formula is C13H28O4S. The summed E-state index contributed by atoms with van der Waals surface area (Å²) in [4.78, 5) is 0. The molecule has 110 valence electrons. The molecule has 1 fully saturated rings. The molecule has 18 heavy (non-hydrogen) atoms. The van der Waals surface area contributed by atoms with Gasteiger partial charge in [-0.05, 0) is 18.6 Å². The van der Waals surface area contributed by atoms with Gasteiger partial charge < -0.3 is 19.7 Å². The Bertz CT molecular complexity index is 165. The molecule has 1 aliphatic rings. The molecule has 1 rings (SSSR count). The maximum absolute atomic E-state index is 8.81. The number of thioether (sulfide) groups is 1. The predicted molar refractivity (Wildman–Crippen MR) is 76.2 cm³/mol. The molecule has 5 heteroatoms. The Labute approximate surface area is 115 Å². The molecule has 2 unspecified atom stereocenters. The second-order valence-corrected chi connectivity index (χ2v) is 5.44. The second kappa shape index (κ2) is 13.6. The number of rotatable bonds is 10. The third kappa shape index (κ3) is 14.3. The number of hydrogen-bond acceptors (Lipinski definition) is 5. The first-order valence-corrected chi connectivity index (χ1v) is 7.96. The predicted octanol–water partition coefficient (Wildman–Crippen LogP) is 1.68. The SMILES string of the molecule is CCCCOCC1CO1.CCCSCC(O)CO. The van der Waals surface area contributed by atoms with E-state index >= 15 is 0 Å². The standard InChI is InChI=1S/C7H14O2.C6H14O2S/c1-2-3-4-8-5-7-6-9-7;1-2-3-9-5-6(8)4-7/h7H,2-6H2,1H3;6-8H,2-5H2,1H3. The van der Waals surface area contributed by atoms with Gasteiger partial charge in [-0.3, -0.25) is 0 Å². The van der Waals surface area contributed by atoms with E-state index in [1.54, 1.807) is 11.8 Å². The summed E-state index contributed by atoms with van der Waals surface area (Å²) in [6.07, 6.45) is 3.42. The average molecular weight is 280 g/mol. The second-order valence-electron chi connectivity index (χ2n) is 4.30. The van der Waals surface area contributed by atoms with Crippen LogP contribution in [0.4, 0.5) is 0 Å². The van der Waals surface area contributed by atoms with Crippen molar-refractivity contribution in [1.82, 2.24) is 0 Å². The molecule has 0 amide bonds. The summed E-state index contributed by atoms with van der Waals surface area (Å²) >= 11 is 1.68. The van der Waals surface area contributed by atoms with E-state index in [9.17, 15) is 0 Å². The molecule has 1 saturated heterocycles. The van der Waals surface area contributed by atoms with Gasteiger partial charge >= 0.3 is 0 Å². The van der Waals surface area contributed by atoms with Crippen molar-refractivity contribution >= 4 is 11.8 Å². The van der Waals surface area contributed by atoms with Crippen LogP contribution in [-0.4, -0.2) is 60.4 Å². The Balaban J connectivity index is 0.000000321. The maximum Gasteiger partial charge on any atom is 0.104 e. The fraction of sp³-hybridized carbons (Fsp3) is 1.00. The van der Waals surface area contributed by atoms with Crippen LogP contribution in [0.5, 0.6) is 0 Å². The van der Waals surface area contributed by atoms with Crippen LogP contribution in [0.1, 0.15) is 33.1 Å². The average Bonchev–Trinajstić information content (AvgIpc) is 3.20. The number of ether oxygens (including phenoxy) is 2. The van der Waals surface area contributed by atoms with Gasteiger partial charge in [0.1, 0.15) is 6.10 Å². The van der Waals surface area contributed by atoms with Gasteiger partial charge in [0.15, 0.2) is 0 Å².